The molecule has 1 heterocycles. The van der Waals surface area contributed by atoms with Gasteiger partial charge in [0.1, 0.15) is 4.99 Å². The number of thiocarbonyl (C=S) groups is 1. The minimum Gasteiger partial charge on any atom is -0.372 e. The molecule has 2 atom stereocenters. The molecule has 0 spiro atoms. The predicted octanol–water partition coefficient (Wildman–Crippen LogP) is 3.03. The Bertz CT molecular complexity index is 405. The Labute approximate surface area is 115 Å². The molecular formula is C15H21NOS. The van der Waals surface area contributed by atoms with Gasteiger partial charge in [-0.3, -0.25) is 0 Å². The lowest BCUT2D eigenvalue weighted by atomic mass is 10.1. The highest BCUT2D eigenvalue weighted by Crippen LogP contribution is 2.16. The Kier molecular flexibility index (Phi) is 4.36. The van der Waals surface area contributed by atoms with Gasteiger partial charge in [-0.1, -0.05) is 43.4 Å². The topological polar surface area (TPSA) is 12.5 Å². The summed E-state index contributed by atoms with van der Waals surface area (Å²) < 4.78 is 5.74. The SMILES string of the molecule is CCc1ccc(C(=S)N2CC(C)OC(C)C2)cc1. The van der Waals surface area contributed by atoms with Crippen LogP contribution in [0.1, 0.15) is 31.9 Å². The van der Waals surface area contributed by atoms with Crippen molar-refractivity contribution in [1.29, 1.82) is 0 Å². The van der Waals surface area contributed by atoms with Gasteiger partial charge in [0.05, 0.1) is 12.2 Å². The van der Waals surface area contributed by atoms with Crippen molar-refractivity contribution in [2.45, 2.75) is 39.4 Å². The molecule has 1 aliphatic rings. The van der Waals surface area contributed by atoms with Crippen molar-refractivity contribution in [3.05, 3.63) is 35.4 Å². The van der Waals surface area contributed by atoms with Crippen molar-refractivity contribution in [1.82, 2.24) is 4.90 Å². The fourth-order valence-electron chi connectivity index (χ4n) is 2.41. The quantitative estimate of drug-likeness (QED) is 0.761. The van der Waals surface area contributed by atoms with Gasteiger partial charge in [-0.25, -0.2) is 0 Å². The van der Waals surface area contributed by atoms with E-state index in [1.54, 1.807) is 0 Å². The molecule has 1 saturated heterocycles. The minimum absolute atomic E-state index is 0.251. The molecule has 3 heteroatoms. The van der Waals surface area contributed by atoms with Crippen molar-refractivity contribution >= 4 is 17.2 Å². The molecular weight excluding hydrogens is 242 g/mol. The van der Waals surface area contributed by atoms with E-state index in [2.05, 4.69) is 49.9 Å². The van der Waals surface area contributed by atoms with Crippen molar-refractivity contribution in [3.8, 4) is 0 Å². The van der Waals surface area contributed by atoms with Crippen molar-refractivity contribution in [2.75, 3.05) is 13.1 Å². The lowest BCUT2D eigenvalue weighted by molar-refractivity contribution is -0.0472. The van der Waals surface area contributed by atoms with E-state index < -0.39 is 0 Å². The highest BCUT2D eigenvalue weighted by Gasteiger charge is 2.24. The number of nitrogens with zero attached hydrogens (tertiary/aromatic N) is 1. The zero-order valence-electron chi connectivity index (χ0n) is 11.3. The van der Waals surface area contributed by atoms with E-state index >= 15 is 0 Å². The summed E-state index contributed by atoms with van der Waals surface area (Å²) in [6, 6.07) is 8.59. The summed E-state index contributed by atoms with van der Waals surface area (Å²) in [6.45, 7) is 8.15. The van der Waals surface area contributed by atoms with Gasteiger partial charge in [0, 0.05) is 18.7 Å². The average molecular weight is 263 g/mol. The summed E-state index contributed by atoms with van der Waals surface area (Å²) >= 11 is 5.60. The Hall–Kier alpha value is -0.930. The third-order valence-corrected chi connectivity index (χ3v) is 3.81. The van der Waals surface area contributed by atoms with Gasteiger partial charge in [-0.15, -0.1) is 0 Å². The maximum atomic E-state index is 5.74. The number of hydrogen-bond acceptors (Lipinski definition) is 2. The lowest BCUT2D eigenvalue weighted by Gasteiger charge is -2.37. The smallest absolute Gasteiger partial charge is 0.109 e. The second-order valence-corrected chi connectivity index (χ2v) is 5.40. The largest absolute Gasteiger partial charge is 0.372 e. The normalized spacial score (nSPS) is 24.1. The van der Waals surface area contributed by atoms with E-state index in [1.807, 2.05) is 0 Å². The predicted molar refractivity (Wildman–Crippen MR) is 79.1 cm³/mol. The summed E-state index contributed by atoms with van der Waals surface area (Å²) in [5, 5.41) is 0. The maximum absolute atomic E-state index is 5.74. The summed E-state index contributed by atoms with van der Waals surface area (Å²) in [5.41, 5.74) is 2.49. The van der Waals surface area contributed by atoms with Crippen LogP contribution in [0.15, 0.2) is 24.3 Å². The van der Waals surface area contributed by atoms with Crippen LogP contribution in [0.3, 0.4) is 0 Å². The number of rotatable bonds is 2. The van der Waals surface area contributed by atoms with Crippen molar-refractivity contribution in [3.63, 3.8) is 0 Å². The van der Waals surface area contributed by atoms with Crippen LogP contribution in [0.4, 0.5) is 0 Å². The summed E-state index contributed by atoms with van der Waals surface area (Å²) in [4.78, 5) is 3.20. The first kappa shape index (κ1) is 13.5. The van der Waals surface area contributed by atoms with Crippen LogP contribution in [-0.2, 0) is 11.2 Å². The molecule has 0 N–H and O–H groups in total. The third kappa shape index (κ3) is 3.09. The molecule has 0 aliphatic carbocycles. The molecule has 1 fully saturated rings. The molecule has 2 rings (SSSR count). The highest BCUT2D eigenvalue weighted by atomic mass is 32.1. The fourth-order valence-corrected chi connectivity index (χ4v) is 2.69. The standard InChI is InChI=1S/C15H21NOS/c1-4-13-5-7-14(8-6-13)15(18)16-9-11(2)17-12(3)10-16/h5-8,11-12H,4,9-10H2,1-3H3. The van der Waals surface area contributed by atoms with E-state index in [-0.39, 0.29) is 12.2 Å². The van der Waals surface area contributed by atoms with Crippen LogP contribution in [0.5, 0.6) is 0 Å². The molecule has 0 amide bonds. The van der Waals surface area contributed by atoms with Gasteiger partial charge in [-0.2, -0.15) is 0 Å². The maximum Gasteiger partial charge on any atom is 0.109 e. The van der Waals surface area contributed by atoms with Gasteiger partial charge in [0.25, 0.3) is 0 Å². The molecule has 0 radical (unpaired) electrons. The number of aryl methyl sites for hydroxylation is 1. The highest BCUT2D eigenvalue weighted by molar-refractivity contribution is 7.80. The zero-order chi connectivity index (χ0) is 13.1. The van der Waals surface area contributed by atoms with Gasteiger partial charge in [0.2, 0.25) is 0 Å². The molecule has 0 aromatic heterocycles. The van der Waals surface area contributed by atoms with Crippen LogP contribution >= 0.6 is 12.2 Å². The first-order valence-electron chi connectivity index (χ1n) is 6.63. The van der Waals surface area contributed by atoms with Crippen LogP contribution < -0.4 is 0 Å². The molecule has 1 aliphatic heterocycles. The number of ether oxygens (including phenoxy) is 1. The molecule has 2 nitrogen and oxygen atoms in total. The summed E-state index contributed by atoms with van der Waals surface area (Å²) in [5.74, 6) is 0. The van der Waals surface area contributed by atoms with E-state index in [9.17, 15) is 0 Å². The van der Waals surface area contributed by atoms with Gasteiger partial charge >= 0.3 is 0 Å². The number of hydrogen-bond donors (Lipinski definition) is 0. The Morgan fingerprint density at radius 2 is 1.78 bits per heavy atom. The molecule has 98 valence electrons. The monoisotopic (exact) mass is 263 g/mol. The second-order valence-electron chi connectivity index (χ2n) is 5.02. The fraction of sp³-hybridized carbons (Fsp3) is 0.533. The average Bonchev–Trinajstić information content (AvgIpc) is 2.37. The zero-order valence-corrected chi connectivity index (χ0v) is 12.2. The van der Waals surface area contributed by atoms with Crippen LogP contribution in [0, 0.1) is 0 Å². The molecule has 18 heavy (non-hydrogen) atoms. The van der Waals surface area contributed by atoms with Crippen LogP contribution in [0.2, 0.25) is 0 Å². The summed E-state index contributed by atoms with van der Waals surface area (Å²) in [6.07, 6.45) is 1.57. The van der Waals surface area contributed by atoms with Crippen LogP contribution in [-0.4, -0.2) is 35.2 Å². The molecule has 0 saturated carbocycles. The van der Waals surface area contributed by atoms with Crippen LogP contribution in [0.25, 0.3) is 0 Å². The van der Waals surface area contributed by atoms with E-state index in [1.165, 1.54) is 5.56 Å². The van der Waals surface area contributed by atoms with Crippen molar-refractivity contribution < 1.29 is 4.74 Å². The summed E-state index contributed by atoms with van der Waals surface area (Å²) in [7, 11) is 0. The third-order valence-electron chi connectivity index (χ3n) is 3.32. The van der Waals surface area contributed by atoms with Gasteiger partial charge in [-0.05, 0) is 25.8 Å². The van der Waals surface area contributed by atoms with Crippen molar-refractivity contribution in [2.24, 2.45) is 0 Å². The first-order valence-corrected chi connectivity index (χ1v) is 7.04. The molecule has 1 aromatic carbocycles. The van der Waals surface area contributed by atoms with Gasteiger partial charge < -0.3 is 9.64 Å². The number of morpholine rings is 1. The van der Waals surface area contributed by atoms with E-state index in [4.69, 9.17) is 17.0 Å². The Morgan fingerprint density at radius 3 is 2.28 bits per heavy atom. The van der Waals surface area contributed by atoms with Gasteiger partial charge in [0.15, 0.2) is 0 Å². The first-order chi connectivity index (χ1) is 8.60. The molecule has 0 bridgehead atoms. The number of benzene rings is 1. The Balaban J connectivity index is 2.09. The Morgan fingerprint density at radius 1 is 1.22 bits per heavy atom. The van der Waals surface area contributed by atoms with E-state index in [0.717, 1.165) is 30.1 Å². The molecule has 1 aromatic rings. The molecule has 2 unspecified atom stereocenters. The lowest BCUT2D eigenvalue weighted by Crippen LogP contribution is -2.47. The second kappa shape index (κ2) is 5.81. The minimum atomic E-state index is 0.251. The van der Waals surface area contributed by atoms with E-state index in [0.29, 0.717) is 0 Å².